The Balaban J connectivity index is 2.35. The molecule has 1 aliphatic rings. The highest BCUT2D eigenvalue weighted by Gasteiger charge is 2.28. The number of nitrogens with zero attached hydrogens (tertiary/aromatic N) is 3. The molecule has 1 aliphatic heterocycles. The van der Waals surface area contributed by atoms with Crippen molar-refractivity contribution in [1.29, 1.82) is 0 Å². The van der Waals surface area contributed by atoms with Gasteiger partial charge in [-0.25, -0.2) is 0 Å². The number of anilines is 1. The molecule has 2 heterocycles. The number of aryl methyl sites for hydroxylation is 2. The Hall–Kier alpha value is -1.56. The molecule has 1 amide bonds. The zero-order valence-corrected chi connectivity index (χ0v) is 10.5. The van der Waals surface area contributed by atoms with Gasteiger partial charge in [0.05, 0.1) is 5.69 Å². The standard InChI is InChI=1S/C11H19N5O/c1-7-9(10(12)17)11(15(3)14-7)16-5-4-8(6-16)13-2/h8,13H,4-6H2,1-3H3,(H2,12,17). The maximum absolute atomic E-state index is 11.5. The minimum Gasteiger partial charge on any atom is -0.365 e. The van der Waals surface area contributed by atoms with E-state index in [-0.39, 0.29) is 0 Å². The molecule has 0 spiro atoms. The number of hydrogen-bond acceptors (Lipinski definition) is 4. The summed E-state index contributed by atoms with van der Waals surface area (Å²) in [6, 6.07) is 0.464. The molecule has 3 N–H and O–H groups in total. The van der Waals surface area contributed by atoms with Crippen LogP contribution < -0.4 is 16.0 Å². The molecule has 17 heavy (non-hydrogen) atoms. The van der Waals surface area contributed by atoms with Gasteiger partial charge in [-0.3, -0.25) is 9.48 Å². The maximum Gasteiger partial charge on any atom is 0.254 e. The normalized spacial score (nSPS) is 19.9. The minimum atomic E-state index is -0.404. The van der Waals surface area contributed by atoms with Crippen LogP contribution in [0.15, 0.2) is 0 Å². The Morgan fingerprint density at radius 2 is 2.29 bits per heavy atom. The number of amides is 1. The SMILES string of the molecule is CNC1CCN(c2c(C(N)=O)c(C)nn2C)C1. The first-order valence-electron chi connectivity index (χ1n) is 5.80. The number of nitrogens with two attached hydrogens (primary N) is 1. The van der Waals surface area contributed by atoms with Crippen molar-refractivity contribution in [3.8, 4) is 0 Å². The zero-order chi connectivity index (χ0) is 12.6. The molecule has 6 nitrogen and oxygen atoms in total. The molecule has 1 aromatic rings. The quantitative estimate of drug-likeness (QED) is 0.751. The fraction of sp³-hybridized carbons (Fsp3) is 0.636. The minimum absolute atomic E-state index is 0.404. The predicted octanol–water partition coefficient (Wildman–Crippen LogP) is -0.374. The van der Waals surface area contributed by atoms with E-state index in [0.29, 0.717) is 17.3 Å². The van der Waals surface area contributed by atoms with Crippen molar-refractivity contribution < 1.29 is 4.79 Å². The first kappa shape index (κ1) is 11.9. The Kier molecular flexibility index (Phi) is 3.06. The summed E-state index contributed by atoms with van der Waals surface area (Å²) in [4.78, 5) is 13.7. The summed E-state index contributed by atoms with van der Waals surface area (Å²) in [5.74, 6) is 0.436. The van der Waals surface area contributed by atoms with Crippen LogP contribution in [-0.2, 0) is 7.05 Å². The highest BCUT2D eigenvalue weighted by molar-refractivity contribution is 5.99. The molecule has 2 rings (SSSR count). The Morgan fingerprint density at radius 3 is 2.82 bits per heavy atom. The van der Waals surface area contributed by atoms with E-state index in [0.717, 1.165) is 25.3 Å². The van der Waals surface area contributed by atoms with Crippen LogP contribution in [0.2, 0.25) is 0 Å². The van der Waals surface area contributed by atoms with Crippen LogP contribution in [0.4, 0.5) is 5.82 Å². The van der Waals surface area contributed by atoms with Crippen LogP contribution in [0.3, 0.4) is 0 Å². The Labute approximate surface area is 101 Å². The number of carbonyl (C=O) groups is 1. The third kappa shape index (κ3) is 2.00. The molecule has 0 aliphatic carbocycles. The molecule has 0 aromatic carbocycles. The summed E-state index contributed by atoms with van der Waals surface area (Å²) < 4.78 is 1.74. The molecule has 94 valence electrons. The number of likely N-dealkylation sites (N-methyl/N-ethyl adjacent to an activating group) is 1. The maximum atomic E-state index is 11.5. The number of rotatable bonds is 3. The summed E-state index contributed by atoms with van der Waals surface area (Å²) in [5, 5.41) is 7.53. The lowest BCUT2D eigenvalue weighted by Gasteiger charge is -2.19. The van der Waals surface area contributed by atoms with Crippen LogP contribution >= 0.6 is 0 Å². The van der Waals surface area contributed by atoms with Crippen molar-refractivity contribution in [2.24, 2.45) is 12.8 Å². The Bertz CT molecular complexity index is 439. The van der Waals surface area contributed by atoms with Crippen molar-refractivity contribution >= 4 is 11.7 Å². The van der Waals surface area contributed by atoms with Gasteiger partial charge in [0.1, 0.15) is 11.4 Å². The van der Waals surface area contributed by atoms with E-state index in [9.17, 15) is 4.79 Å². The topological polar surface area (TPSA) is 76.2 Å². The third-order valence-electron chi connectivity index (χ3n) is 3.33. The molecule has 6 heteroatoms. The van der Waals surface area contributed by atoms with Gasteiger partial charge in [0.2, 0.25) is 0 Å². The average molecular weight is 237 g/mol. The van der Waals surface area contributed by atoms with Gasteiger partial charge in [-0.2, -0.15) is 5.10 Å². The van der Waals surface area contributed by atoms with Gasteiger partial charge in [0, 0.05) is 26.2 Å². The molecule has 0 radical (unpaired) electrons. The van der Waals surface area contributed by atoms with E-state index in [1.54, 1.807) is 4.68 Å². The second kappa shape index (κ2) is 4.37. The van der Waals surface area contributed by atoms with Crippen LogP contribution in [0.5, 0.6) is 0 Å². The fourth-order valence-corrected chi connectivity index (χ4v) is 2.49. The summed E-state index contributed by atoms with van der Waals surface area (Å²) in [5.41, 5.74) is 6.67. The number of carbonyl (C=O) groups excluding carboxylic acids is 1. The van der Waals surface area contributed by atoms with Gasteiger partial charge < -0.3 is 16.0 Å². The van der Waals surface area contributed by atoms with E-state index >= 15 is 0 Å². The molecule has 0 bridgehead atoms. The largest absolute Gasteiger partial charge is 0.365 e. The lowest BCUT2D eigenvalue weighted by molar-refractivity contribution is 0.1000. The molecule has 1 fully saturated rings. The van der Waals surface area contributed by atoms with Gasteiger partial charge in [0.25, 0.3) is 5.91 Å². The summed E-state index contributed by atoms with van der Waals surface area (Å²) in [6.07, 6.45) is 1.07. The first-order chi connectivity index (χ1) is 8.04. The zero-order valence-electron chi connectivity index (χ0n) is 10.5. The van der Waals surface area contributed by atoms with Crippen LogP contribution in [0.1, 0.15) is 22.5 Å². The lowest BCUT2D eigenvalue weighted by Crippen LogP contribution is -2.31. The third-order valence-corrected chi connectivity index (χ3v) is 3.33. The molecule has 1 saturated heterocycles. The molecule has 1 atom stereocenters. The van der Waals surface area contributed by atoms with Crippen molar-refractivity contribution in [2.75, 3.05) is 25.0 Å². The van der Waals surface area contributed by atoms with Crippen molar-refractivity contribution in [3.63, 3.8) is 0 Å². The van der Waals surface area contributed by atoms with Crippen molar-refractivity contribution in [2.45, 2.75) is 19.4 Å². The number of primary amides is 1. The second-order valence-electron chi connectivity index (χ2n) is 4.49. The molecule has 1 unspecified atom stereocenters. The fourth-order valence-electron chi connectivity index (χ4n) is 2.49. The van der Waals surface area contributed by atoms with E-state index < -0.39 is 5.91 Å². The van der Waals surface area contributed by atoms with Gasteiger partial charge >= 0.3 is 0 Å². The lowest BCUT2D eigenvalue weighted by atomic mass is 10.2. The van der Waals surface area contributed by atoms with Gasteiger partial charge in [-0.1, -0.05) is 0 Å². The molecule has 0 saturated carbocycles. The van der Waals surface area contributed by atoms with Crippen LogP contribution in [0, 0.1) is 6.92 Å². The molecular formula is C11H19N5O. The van der Waals surface area contributed by atoms with E-state index in [2.05, 4.69) is 15.3 Å². The van der Waals surface area contributed by atoms with E-state index in [4.69, 9.17) is 5.73 Å². The van der Waals surface area contributed by atoms with Crippen LogP contribution in [0.25, 0.3) is 0 Å². The summed E-state index contributed by atoms with van der Waals surface area (Å²) in [6.45, 7) is 3.62. The van der Waals surface area contributed by atoms with Crippen molar-refractivity contribution in [1.82, 2.24) is 15.1 Å². The number of nitrogens with one attached hydrogen (secondary N) is 1. The van der Waals surface area contributed by atoms with Crippen LogP contribution in [-0.4, -0.2) is 41.9 Å². The summed E-state index contributed by atoms with van der Waals surface area (Å²) in [7, 11) is 3.80. The number of hydrogen-bond donors (Lipinski definition) is 2. The van der Waals surface area contributed by atoms with Gasteiger partial charge in [0.15, 0.2) is 0 Å². The Morgan fingerprint density at radius 1 is 1.59 bits per heavy atom. The molecule has 1 aromatic heterocycles. The van der Waals surface area contributed by atoms with E-state index in [1.165, 1.54) is 0 Å². The predicted molar refractivity (Wildman–Crippen MR) is 66.1 cm³/mol. The van der Waals surface area contributed by atoms with Gasteiger partial charge in [-0.05, 0) is 20.4 Å². The highest BCUT2D eigenvalue weighted by atomic mass is 16.1. The van der Waals surface area contributed by atoms with E-state index in [1.807, 2.05) is 21.0 Å². The van der Waals surface area contributed by atoms with Crippen molar-refractivity contribution in [3.05, 3.63) is 11.3 Å². The monoisotopic (exact) mass is 237 g/mol. The molecular weight excluding hydrogens is 218 g/mol. The smallest absolute Gasteiger partial charge is 0.254 e. The first-order valence-corrected chi connectivity index (χ1v) is 5.80. The average Bonchev–Trinajstić information content (AvgIpc) is 2.81. The summed E-state index contributed by atoms with van der Waals surface area (Å²) >= 11 is 0. The highest BCUT2D eigenvalue weighted by Crippen LogP contribution is 2.26. The van der Waals surface area contributed by atoms with Gasteiger partial charge in [-0.15, -0.1) is 0 Å². The number of aromatic nitrogens is 2. The second-order valence-corrected chi connectivity index (χ2v) is 4.49.